The molecule has 31 heavy (non-hydrogen) atoms. The first-order valence-electron chi connectivity index (χ1n) is 12.3. The molecule has 0 saturated heterocycles. The molecule has 3 aliphatic carbocycles. The van der Waals surface area contributed by atoms with Crippen molar-refractivity contribution in [3.63, 3.8) is 0 Å². The van der Waals surface area contributed by atoms with E-state index >= 15 is 0 Å². The van der Waals surface area contributed by atoms with Crippen LogP contribution in [0, 0.1) is 0 Å². The lowest BCUT2D eigenvalue weighted by Gasteiger charge is -2.38. The molecule has 0 spiro atoms. The standard InChI is InChI=1S/C29H38Si2/c1-30(2,3)23-13-14-24-21(19-23)20-26-25(24)15-16-27(31(4,5)6)28(26)29(17-9-10-18-29)22-11-7-8-12-22/h7-8,11,13-16,19H,9-10,12,17-18,20H2,1-6H3. The molecule has 0 N–H and O–H groups in total. The summed E-state index contributed by atoms with van der Waals surface area (Å²) in [6.45, 7) is 15.1. The zero-order chi connectivity index (χ0) is 22.0. The van der Waals surface area contributed by atoms with E-state index in [1.165, 1.54) is 36.8 Å². The van der Waals surface area contributed by atoms with Crippen molar-refractivity contribution in [3.8, 4) is 11.1 Å². The van der Waals surface area contributed by atoms with Crippen molar-refractivity contribution in [1.29, 1.82) is 0 Å². The molecule has 0 aliphatic heterocycles. The molecule has 0 radical (unpaired) electrons. The Morgan fingerprint density at radius 1 is 0.806 bits per heavy atom. The molecular weight excluding hydrogens is 404 g/mol. The molecule has 0 amide bonds. The lowest BCUT2D eigenvalue weighted by atomic mass is 9.70. The molecule has 0 atom stereocenters. The smallest absolute Gasteiger partial charge is 0.0780 e. The van der Waals surface area contributed by atoms with E-state index in [1.54, 1.807) is 32.6 Å². The van der Waals surface area contributed by atoms with Crippen LogP contribution in [0.25, 0.3) is 11.1 Å². The number of allylic oxidation sites excluding steroid dienone is 4. The van der Waals surface area contributed by atoms with Crippen LogP contribution in [0.4, 0.5) is 0 Å². The highest BCUT2D eigenvalue weighted by atomic mass is 28.3. The maximum absolute atomic E-state index is 2.57. The third kappa shape index (κ3) is 3.38. The van der Waals surface area contributed by atoms with Gasteiger partial charge in [0, 0.05) is 5.41 Å². The first-order chi connectivity index (χ1) is 14.6. The van der Waals surface area contributed by atoms with E-state index in [9.17, 15) is 0 Å². The number of benzene rings is 2. The van der Waals surface area contributed by atoms with Crippen LogP contribution in [0.1, 0.15) is 48.8 Å². The molecule has 1 saturated carbocycles. The molecule has 2 aromatic rings. The fourth-order valence-electron chi connectivity index (χ4n) is 6.43. The van der Waals surface area contributed by atoms with Crippen molar-refractivity contribution < 1.29 is 0 Å². The summed E-state index contributed by atoms with van der Waals surface area (Å²) in [5, 5.41) is 3.32. The van der Waals surface area contributed by atoms with E-state index in [1.807, 2.05) is 0 Å². The van der Waals surface area contributed by atoms with Gasteiger partial charge in [-0.1, -0.05) is 117 Å². The van der Waals surface area contributed by atoms with Gasteiger partial charge in [-0.3, -0.25) is 0 Å². The Labute approximate surface area is 191 Å². The molecule has 0 nitrogen and oxygen atoms in total. The van der Waals surface area contributed by atoms with Gasteiger partial charge in [0.05, 0.1) is 16.1 Å². The fourth-order valence-corrected chi connectivity index (χ4v) is 9.34. The van der Waals surface area contributed by atoms with E-state index in [-0.39, 0.29) is 5.41 Å². The number of fused-ring (bicyclic) bond motifs is 3. The summed E-state index contributed by atoms with van der Waals surface area (Å²) in [5.41, 5.74) is 10.0. The molecule has 0 aromatic heterocycles. The number of hydrogen-bond donors (Lipinski definition) is 0. The average molecular weight is 443 g/mol. The molecule has 3 aliphatic rings. The van der Waals surface area contributed by atoms with Gasteiger partial charge >= 0.3 is 0 Å². The van der Waals surface area contributed by atoms with Gasteiger partial charge in [-0.2, -0.15) is 0 Å². The Morgan fingerprint density at radius 3 is 2.13 bits per heavy atom. The Kier molecular flexibility index (Phi) is 4.91. The summed E-state index contributed by atoms with van der Waals surface area (Å²) in [4.78, 5) is 0. The van der Waals surface area contributed by atoms with Crippen molar-refractivity contribution in [2.75, 3.05) is 0 Å². The van der Waals surface area contributed by atoms with Crippen LogP contribution < -0.4 is 10.4 Å². The SMILES string of the molecule is C[Si](C)(C)c1ccc2c(c1)Cc1c-2ccc([Si](C)(C)C)c1C1(C2=CC=CC2)CCCC1. The Morgan fingerprint density at radius 2 is 1.52 bits per heavy atom. The number of hydrogen-bond acceptors (Lipinski definition) is 0. The highest BCUT2D eigenvalue weighted by molar-refractivity contribution is 6.89. The van der Waals surface area contributed by atoms with Gasteiger partial charge in [-0.15, -0.1) is 0 Å². The van der Waals surface area contributed by atoms with Crippen LogP contribution in [0.15, 0.2) is 54.1 Å². The molecule has 0 unspecified atom stereocenters. The second-order valence-corrected chi connectivity index (χ2v) is 22.3. The Hall–Kier alpha value is -1.65. The molecule has 2 aromatic carbocycles. The highest BCUT2D eigenvalue weighted by Gasteiger charge is 2.44. The first kappa shape index (κ1) is 21.2. The fraction of sp³-hybridized carbons (Fsp3) is 0.448. The lowest BCUT2D eigenvalue weighted by molar-refractivity contribution is 0.514. The van der Waals surface area contributed by atoms with Crippen LogP contribution in [-0.4, -0.2) is 16.1 Å². The topological polar surface area (TPSA) is 0 Å². The van der Waals surface area contributed by atoms with Crippen LogP contribution >= 0.6 is 0 Å². The predicted molar refractivity (Wildman–Crippen MR) is 143 cm³/mol. The zero-order valence-corrected chi connectivity index (χ0v) is 22.4. The van der Waals surface area contributed by atoms with Crippen LogP contribution in [0.2, 0.25) is 39.3 Å². The van der Waals surface area contributed by atoms with Gasteiger partial charge in [-0.25, -0.2) is 0 Å². The van der Waals surface area contributed by atoms with E-state index in [0.717, 1.165) is 12.8 Å². The van der Waals surface area contributed by atoms with Gasteiger partial charge in [0.1, 0.15) is 0 Å². The maximum Gasteiger partial charge on any atom is 0.0780 e. The van der Waals surface area contributed by atoms with E-state index < -0.39 is 16.1 Å². The molecule has 2 heteroatoms. The van der Waals surface area contributed by atoms with E-state index in [0.29, 0.717) is 0 Å². The van der Waals surface area contributed by atoms with E-state index in [2.05, 4.69) is 87.8 Å². The minimum atomic E-state index is -1.47. The van der Waals surface area contributed by atoms with E-state index in [4.69, 9.17) is 0 Å². The van der Waals surface area contributed by atoms with Crippen molar-refractivity contribution in [1.82, 2.24) is 0 Å². The summed E-state index contributed by atoms with van der Waals surface area (Å²) in [6.07, 6.45) is 14.9. The summed E-state index contributed by atoms with van der Waals surface area (Å²) in [5.74, 6) is 0. The second kappa shape index (κ2) is 7.18. The quantitative estimate of drug-likeness (QED) is 0.380. The van der Waals surface area contributed by atoms with Crippen molar-refractivity contribution in [2.24, 2.45) is 0 Å². The summed E-state index contributed by atoms with van der Waals surface area (Å²) >= 11 is 0. The normalized spacial score (nSPS) is 19.5. The molecule has 1 fully saturated rings. The predicted octanol–water partition coefficient (Wildman–Crippen LogP) is 7.05. The highest BCUT2D eigenvalue weighted by Crippen LogP contribution is 2.52. The van der Waals surface area contributed by atoms with Gasteiger partial charge in [0.2, 0.25) is 0 Å². The first-order valence-corrected chi connectivity index (χ1v) is 19.3. The summed E-state index contributed by atoms with van der Waals surface area (Å²) < 4.78 is 0. The third-order valence-electron chi connectivity index (χ3n) is 8.07. The lowest BCUT2D eigenvalue weighted by Crippen LogP contribution is -2.45. The third-order valence-corrected chi connectivity index (χ3v) is 12.1. The molecular formula is C29H38Si2. The van der Waals surface area contributed by atoms with Gasteiger partial charge in [0.25, 0.3) is 0 Å². The van der Waals surface area contributed by atoms with Crippen LogP contribution in [-0.2, 0) is 11.8 Å². The Balaban J connectivity index is 1.74. The minimum absolute atomic E-state index is 0.272. The Bertz CT molecular complexity index is 1100. The molecule has 5 rings (SSSR count). The zero-order valence-electron chi connectivity index (χ0n) is 20.4. The largest absolute Gasteiger partial charge is 0.0804 e. The molecule has 0 bridgehead atoms. The summed E-state index contributed by atoms with van der Waals surface area (Å²) in [6, 6.07) is 12.5. The number of rotatable bonds is 4. The average Bonchev–Trinajstić information content (AvgIpc) is 3.44. The molecule has 0 heterocycles. The second-order valence-electron chi connectivity index (χ2n) is 12.2. The monoisotopic (exact) mass is 442 g/mol. The van der Waals surface area contributed by atoms with Crippen molar-refractivity contribution >= 4 is 26.5 Å². The van der Waals surface area contributed by atoms with Crippen molar-refractivity contribution in [3.05, 3.63) is 70.8 Å². The van der Waals surface area contributed by atoms with Gasteiger partial charge < -0.3 is 0 Å². The maximum atomic E-state index is 2.57. The van der Waals surface area contributed by atoms with Gasteiger partial charge in [-0.05, 0) is 53.5 Å². The summed E-state index contributed by atoms with van der Waals surface area (Å²) in [7, 11) is -2.78. The molecule has 162 valence electrons. The van der Waals surface area contributed by atoms with Crippen molar-refractivity contribution in [2.45, 2.75) is 83.2 Å². The van der Waals surface area contributed by atoms with Gasteiger partial charge in [0.15, 0.2) is 0 Å². The van der Waals surface area contributed by atoms with Crippen LogP contribution in [0.5, 0.6) is 0 Å². The minimum Gasteiger partial charge on any atom is -0.0804 e. The van der Waals surface area contributed by atoms with Crippen LogP contribution in [0.3, 0.4) is 0 Å².